The third kappa shape index (κ3) is 7.96. The molecule has 0 unspecified atom stereocenters. The molecule has 106 valence electrons. The molecule has 1 aromatic carbocycles. The second-order valence-corrected chi connectivity index (χ2v) is 5.46. The van der Waals surface area contributed by atoms with E-state index in [-0.39, 0.29) is 0 Å². The maximum atomic E-state index is 5.45. The third-order valence-electron chi connectivity index (χ3n) is 2.82. The summed E-state index contributed by atoms with van der Waals surface area (Å²) in [4.78, 5) is 0. The van der Waals surface area contributed by atoms with Gasteiger partial charge in [-0.2, -0.15) is 11.8 Å². The molecular weight excluding hydrogens is 254 g/mol. The minimum Gasteiger partial charge on any atom is -0.490 e. The Hall–Kier alpha value is -0.930. The summed E-state index contributed by atoms with van der Waals surface area (Å²) in [5, 5.41) is 3.48. The highest BCUT2D eigenvalue weighted by atomic mass is 32.2. The smallest absolute Gasteiger partial charge is 0.119 e. The molecule has 0 bridgehead atoms. The molecule has 1 N–H and O–H groups in total. The van der Waals surface area contributed by atoms with Crippen molar-refractivity contribution in [3.05, 3.63) is 42.5 Å². The predicted octanol–water partition coefficient (Wildman–Crippen LogP) is 3.87. The number of thioether (sulfide) groups is 1. The Kier molecular flexibility index (Phi) is 9.29. The van der Waals surface area contributed by atoms with E-state index in [0.29, 0.717) is 6.61 Å². The number of nitrogens with one attached hydrogen (secondary N) is 1. The molecular formula is C16H25NOS. The van der Waals surface area contributed by atoms with E-state index in [1.54, 1.807) is 6.08 Å². The van der Waals surface area contributed by atoms with Crippen molar-refractivity contribution in [2.24, 2.45) is 0 Å². The molecule has 0 fully saturated rings. The van der Waals surface area contributed by atoms with Crippen molar-refractivity contribution in [3.63, 3.8) is 0 Å². The molecule has 0 aliphatic carbocycles. The quantitative estimate of drug-likeness (QED) is 0.491. The van der Waals surface area contributed by atoms with E-state index in [1.807, 2.05) is 23.9 Å². The molecule has 0 aliphatic rings. The molecule has 19 heavy (non-hydrogen) atoms. The zero-order valence-corrected chi connectivity index (χ0v) is 12.7. The van der Waals surface area contributed by atoms with Crippen molar-refractivity contribution in [2.75, 3.05) is 25.2 Å². The van der Waals surface area contributed by atoms with Crippen molar-refractivity contribution < 1.29 is 4.74 Å². The lowest BCUT2D eigenvalue weighted by atomic mass is 10.2. The first-order valence-corrected chi connectivity index (χ1v) is 8.28. The van der Waals surface area contributed by atoms with Crippen LogP contribution in [0.25, 0.3) is 0 Å². The standard InChI is InChI=1S/C16H25NOS/c1-3-12-18-16-9-7-15(8-10-16)14-17-11-5-4-6-13-19-2/h3,7-10,17H,1,4-6,11-14H2,2H3. The van der Waals surface area contributed by atoms with Crippen molar-refractivity contribution >= 4 is 11.8 Å². The summed E-state index contributed by atoms with van der Waals surface area (Å²) in [5.41, 5.74) is 1.30. The van der Waals surface area contributed by atoms with Crippen LogP contribution in [0, 0.1) is 0 Å². The Morgan fingerprint density at radius 3 is 2.68 bits per heavy atom. The van der Waals surface area contributed by atoms with Gasteiger partial charge in [0.2, 0.25) is 0 Å². The predicted molar refractivity (Wildman–Crippen MR) is 86.1 cm³/mol. The fourth-order valence-corrected chi connectivity index (χ4v) is 2.26. The maximum Gasteiger partial charge on any atom is 0.119 e. The number of hydrogen-bond acceptors (Lipinski definition) is 3. The van der Waals surface area contributed by atoms with Gasteiger partial charge in [0.1, 0.15) is 12.4 Å². The molecule has 0 spiro atoms. The van der Waals surface area contributed by atoms with Gasteiger partial charge in [-0.15, -0.1) is 0 Å². The molecule has 0 aliphatic heterocycles. The Morgan fingerprint density at radius 1 is 1.21 bits per heavy atom. The first-order valence-electron chi connectivity index (χ1n) is 6.89. The number of benzene rings is 1. The largest absolute Gasteiger partial charge is 0.490 e. The van der Waals surface area contributed by atoms with Gasteiger partial charge in [-0.25, -0.2) is 0 Å². The van der Waals surface area contributed by atoms with Crippen LogP contribution in [0.5, 0.6) is 5.75 Å². The van der Waals surface area contributed by atoms with E-state index in [2.05, 4.69) is 30.3 Å². The Labute approximate surface area is 121 Å². The average molecular weight is 279 g/mol. The molecule has 2 nitrogen and oxygen atoms in total. The highest BCUT2D eigenvalue weighted by molar-refractivity contribution is 7.98. The molecule has 0 saturated carbocycles. The van der Waals surface area contributed by atoms with Crippen LogP contribution in [0.15, 0.2) is 36.9 Å². The van der Waals surface area contributed by atoms with Gasteiger partial charge >= 0.3 is 0 Å². The van der Waals surface area contributed by atoms with Crippen LogP contribution in [-0.2, 0) is 6.54 Å². The van der Waals surface area contributed by atoms with Gasteiger partial charge in [-0.3, -0.25) is 0 Å². The molecule has 0 aromatic heterocycles. The van der Waals surface area contributed by atoms with Crippen LogP contribution in [0.3, 0.4) is 0 Å². The Bertz CT molecular complexity index is 337. The summed E-state index contributed by atoms with van der Waals surface area (Å²) in [5.74, 6) is 2.19. The lowest BCUT2D eigenvalue weighted by Gasteiger charge is -2.07. The molecule has 0 atom stereocenters. The Balaban J connectivity index is 2.10. The van der Waals surface area contributed by atoms with Crippen LogP contribution in [0.1, 0.15) is 24.8 Å². The number of unbranched alkanes of at least 4 members (excludes halogenated alkanes) is 2. The van der Waals surface area contributed by atoms with Crippen LogP contribution < -0.4 is 10.1 Å². The van der Waals surface area contributed by atoms with Gasteiger partial charge in [0.25, 0.3) is 0 Å². The fraction of sp³-hybridized carbons (Fsp3) is 0.500. The summed E-state index contributed by atoms with van der Waals surface area (Å²) in [6, 6.07) is 8.25. The van der Waals surface area contributed by atoms with Gasteiger partial charge in [-0.05, 0) is 49.1 Å². The topological polar surface area (TPSA) is 21.3 Å². The van der Waals surface area contributed by atoms with E-state index in [0.717, 1.165) is 18.8 Å². The molecule has 0 amide bonds. The van der Waals surface area contributed by atoms with E-state index < -0.39 is 0 Å². The Morgan fingerprint density at radius 2 is 2.00 bits per heavy atom. The molecule has 0 saturated heterocycles. The average Bonchev–Trinajstić information content (AvgIpc) is 2.45. The summed E-state index contributed by atoms with van der Waals surface area (Å²) in [7, 11) is 0. The minimum absolute atomic E-state index is 0.563. The van der Waals surface area contributed by atoms with Crippen LogP contribution in [-0.4, -0.2) is 25.2 Å². The van der Waals surface area contributed by atoms with Crippen LogP contribution in [0.4, 0.5) is 0 Å². The highest BCUT2D eigenvalue weighted by Gasteiger charge is 1.95. The first-order chi connectivity index (χ1) is 9.36. The van der Waals surface area contributed by atoms with E-state index >= 15 is 0 Å². The van der Waals surface area contributed by atoms with Gasteiger partial charge < -0.3 is 10.1 Å². The number of rotatable bonds is 11. The number of ether oxygens (including phenoxy) is 1. The summed E-state index contributed by atoms with van der Waals surface area (Å²) >= 11 is 1.93. The summed E-state index contributed by atoms with van der Waals surface area (Å²) in [6.45, 7) is 6.23. The monoisotopic (exact) mass is 279 g/mol. The normalized spacial score (nSPS) is 10.4. The highest BCUT2D eigenvalue weighted by Crippen LogP contribution is 2.12. The SMILES string of the molecule is C=CCOc1ccc(CNCCCCCSC)cc1. The number of hydrogen-bond donors (Lipinski definition) is 1. The second kappa shape index (κ2) is 10.9. The van der Waals surface area contributed by atoms with Crippen molar-refractivity contribution in [1.82, 2.24) is 5.32 Å². The van der Waals surface area contributed by atoms with Crippen molar-refractivity contribution in [1.29, 1.82) is 0 Å². The lowest BCUT2D eigenvalue weighted by molar-refractivity contribution is 0.363. The van der Waals surface area contributed by atoms with Crippen molar-refractivity contribution in [3.8, 4) is 5.75 Å². The zero-order valence-electron chi connectivity index (χ0n) is 11.9. The van der Waals surface area contributed by atoms with E-state index in [1.165, 1.54) is 30.6 Å². The second-order valence-electron chi connectivity index (χ2n) is 4.47. The fourth-order valence-electron chi connectivity index (χ4n) is 1.76. The molecule has 1 aromatic rings. The maximum absolute atomic E-state index is 5.45. The lowest BCUT2D eigenvalue weighted by Crippen LogP contribution is -2.14. The van der Waals surface area contributed by atoms with Gasteiger partial charge in [-0.1, -0.05) is 31.2 Å². The third-order valence-corrected chi connectivity index (χ3v) is 3.52. The first kappa shape index (κ1) is 16.1. The van der Waals surface area contributed by atoms with Gasteiger partial charge in [0, 0.05) is 6.54 Å². The van der Waals surface area contributed by atoms with E-state index in [9.17, 15) is 0 Å². The van der Waals surface area contributed by atoms with Crippen molar-refractivity contribution in [2.45, 2.75) is 25.8 Å². The molecule has 0 radical (unpaired) electrons. The summed E-state index contributed by atoms with van der Waals surface area (Å²) < 4.78 is 5.45. The molecule has 3 heteroatoms. The molecule has 1 rings (SSSR count). The van der Waals surface area contributed by atoms with E-state index in [4.69, 9.17) is 4.74 Å². The van der Waals surface area contributed by atoms with Crippen LogP contribution in [0.2, 0.25) is 0 Å². The van der Waals surface area contributed by atoms with Crippen LogP contribution >= 0.6 is 11.8 Å². The van der Waals surface area contributed by atoms with Gasteiger partial charge in [0.15, 0.2) is 0 Å². The molecule has 0 heterocycles. The zero-order chi connectivity index (χ0) is 13.8. The summed E-state index contributed by atoms with van der Waals surface area (Å²) in [6.07, 6.45) is 7.84. The minimum atomic E-state index is 0.563. The van der Waals surface area contributed by atoms with Gasteiger partial charge in [0.05, 0.1) is 0 Å².